The maximum atomic E-state index is 10.3. The zero-order valence-corrected chi connectivity index (χ0v) is 8.57. The Bertz CT molecular complexity index is 335. The molecule has 0 radical (unpaired) electrons. The molecule has 14 heavy (non-hydrogen) atoms. The molecule has 1 aromatic rings. The maximum absolute atomic E-state index is 10.3. The van der Waals surface area contributed by atoms with E-state index in [9.17, 15) is 4.79 Å². The Morgan fingerprint density at radius 2 is 2.07 bits per heavy atom. The van der Waals surface area contributed by atoms with Crippen molar-refractivity contribution in [2.75, 3.05) is 7.11 Å². The van der Waals surface area contributed by atoms with Crippen molar-refractivity contribution in [3.8, 4) is 5.75 Å². The molecule has 4 nitrogen and oxygen atoms in total. The van der Waals surface area contributed by atoms with Gasteiger partial charge in [-0.25, -0.2) is 0 Å². The van der Waals surface area contributed by atoms with Crippen LogP contribution in [0.2, 0.25) is 0 Å². The van der Waals surface area contributed by atoms with Gasteiger partial charge in [0.1, 0.15) is 5.75 Å². The van der Waals surface area contributed by atoms with Gasteiger partial charge in [0.15, 0.2) is 0 Å². The SMILES string of the molecule is COc1ccc(CN=NC(=O)S)cc1. The Kier molecular flexibility index (Phi) is 4.12. The molecule has 1 rings (SSSR count). The maximum Gasteiger partial charge on any atom is 0.319 e. The average Bonchev–Trinajstić information content (AvgIpc) is 2.18. The molecule has 0 saturated heterocycles. The Balaban J connectivity index is 2.56. The summed E-state index contributed by atoms with van der Waals surface area (Å²) in [6, 6.07) is 7.38. The molecule has 0 N–H and O–H groups in total. The number of amides is 1. The van der Waals surface area contributed by atoms with Crippen LogP contribution in [-0.4, -0.2) is 12.3 Å². The van der Waals surface area contributed by atoms with Gasteiger partial charge in [0.05, 0.1) is 13.7 Å². The quantitative estimate of drug-likeness (QED) is 0.616. The van der Waals surface area contributed by atoms with Crippen LogP contribution in [0.5, 0.6) is 5.75 Å². The number of azo groups is 1. The second-order valence-corrected chi connectivity index (χ2v) is 2.91. The molecule has 5 heteroatoms. The van der Waals surface area contributed by atoms with E-state index >= 15 is 0 Å². The summed E-state index contributed by atoms with van der Waals surface area (Å²) in [7, 11) is 1.61. The van der Waals surface area contributed by atoms with Gasteiger partial charge in [0, 0.05) is 0 Å². The fourth-order valence-corrected chi connectivity index (χ4v) is 0.972. The highest BCUT2D eigenvalue weighted by atomic mass is 32.1. The molecule has 0 aliphatic carbocycles. The molecule has 0 aliphatic heterocycles. The molecule has 0 atom stereocenters. The number of methoxy groups -OCH3 is 1. The van der Waals surface area contributed by atoms with Gasteiger partial charge >= 0.3 is 5.24 Å². The lowest BCUT2D eigenvalue weighted by atomic mass is 10.2. The van der Waals surface area contributed by atoms with Crippen LogP contribution in [0.1, 0.15) is 5.56 Å². The van der Waals surface area contributed by atoms with E-state index < -0.39 is 5.24 Å². The van der Waals surface area contributed by atoms with Crippen molar-refractivity contribution in [3.05, 3.63) is 29.8 Å². The first-order valence-corrected chi connectivity index (χ1v) is 4.40. The second kappa shape index (κ2) is 5.39. The van der Waals surface area contributed by atoms with Crippen LogP contribution in [0, 0.1) is 0 Å². The van der Waals surface area contributed by atoms with Crippen molar-refractivity contribution in [1.82, 2.24) is 0 Å². The third-order valence-electron chi connectivity index (χ3n) is 1.57. The van der Waals surface area contributed by atoms with Crippen molar-refractivity contribution in [2.24, 2.45) is 10.2 Å². The Hall–Kier alpha value is -1.36. The standard InChI is InChI=1S/C9H10N2O2S/c1-13-8-4-2-7(3-5-8)6-10-11-9(12)14/h2-5H,6H2,1H3,(H,12,14). The molecule has 1 aromatic carbocycles. The minimum Gasteiger partial charge on any atom is -0.497 e. The molecule has 0 aliphatic rings. The van der Waals surface area contributed by atoms with E-state index in [1.54, 1.807) is 7.11 Å². The lowest BCUT2D eigenvalue weighted by Crippen LogP contribution is -1.84. The molecule has 0 heterocycles. The number of hydrogen-bond acceptors (Lipinski definition) is 3. The summed E-state index contributed by atoms with van der Waals surface area (Å²) in [6.07, 6.45) is 0. The molecule has 0 fully saturated rings. The highest BCUT2D eigenvalue weighted by molar-refractivity contribution is 7.96. The van der Waals surface area contributed by atoms with Crippen LogP contribution in [0.3, 0.4) is 0 Å². The first-order valence-electron chi connectivity index (χ1n) is 3.95. The Morgan fingerprint density at radius 1 is 1.43 bits per heavy atom. The summed E-state index contributed by atoms with van der Waals surface area (Å²) >= 11 is 3.46. The van der Waals surface area contributed by atoms with Gasteiger partial charge in [-0.05, 0) is 17.7 Å². The van der Waals surface area contributed by atoms with E-state index in [-0.39, 0.29) is 0 Å². The number of carbonyl (C=O) groups is 1. The van der Waals surface area contributed by atoms with E-state index in [1.165, 1.54) is 0 Å². The zero-order valence-electron chi connectivity index (χ0n) is 7.67. The van der Waals surface area contributed by atoms with E-state index in [2.05, 4.69) is 22.9 Å². The van der Waals surface area contributed by atoms with E-state index in [0.29, 0.717) is 6.54 Å². The van der Waals surface area contributed by atoms with Gasteiger partial charge in [-0.15, -0.1) is 5.11 Å². The van der Waals surface area contributed by atoms with Gasteiger partial charge in [-0.1, -0.05) is 24.8 Å². The third kappa shape index (κ3) is 3.57. The van der Waals surface area contributed by atoms with Gasteiger partial charge in [-0.3, -0.25) is 4.79 Å². The van der Waals surface area contributed by atoms with Crippen molar-refractivity contribution in [1.29, 1.82) is 0 Å². The largest absolute Gasteiger partial charge is 0.497 e. The summed E-state index contributed by atoms with van der Waals surface area (Å²) < 4.78 is 4.99. The van der Waals surface area contributed by atoms with Crippen molar-refractivity contribution >= 4 is 17.9 Å². The third-order valence-corrected chi connectivity index (χ3v) is 1.66. The summed E-state index contributed by atoms with van der Waals surface area (Å²) in [5.41, 5.74) is 0.962. The van der Waals surface area contributed by atoms with E-state index in [0.717, 1.165) is 11.3 Å². The average molecular weight is 210 g/mol. The second-order valence-electron chi connectivity index (χ2n) is 2.53. The summed E-state index contributed by atoms with van der Waals surface area (Å²) in [5.74, 6) is 0.788. The molecule has 74 valence electrons. The molecule has 0 bridgehead atoms. The smallest absolute Gasteiger partial charge is 0.319 e. The summed E-state index contributed by atoms with van der Waals surface area (Å²) in [6.45, 7) is 0.371. The van der Waals surface area contributed by atoms with Gasteiger partial charge in [0.2, 0.25) is 0 Å². The predicted molar refractivity (Wildman–Crippen MR) is 55.9 cm³/mol. The Labute approximate surface area is 87.4 Å². The van der Waals surface area contributed by atoms with Crippen LogP contribution >= 0.6 is 12.6 Å². The molecular formula is C9H10N2O2S. The first kappa shape index (κ1) is 10.7. The van der Waals surface area contributed by atoms with Crippen LogP contribution in [-0.2, 0) is 6.54 Å². The fourth-order valence-electron chi connectivity index (χ4n) is 0.908. The number of ether oxygens (including phenoxy) is 1. The number of rotatable bonds is 3. The minimum absolute atomic E-state index is 0.371. The topological polar surface area (TPSA) is 51.0 Å². The number of nitrogens with zero attached hydrogens (tertiary/aromatic N) is 2. The van der Waals surface area contributed by atoms with Gasteiger partial charge in [0.25, 0.3) is 0 Å². The normalized spacial score (nSPS) is 10.4. The van der Waals surface area contributed by atoms with E-state index in [4.69, 9.17) is 4.74 Å². The molecule has 1 amide bonds. The lowest BCUT2D eigenvalue weighted by molar-refractivity contribution is 0.266. The first-order chi connectivity index (χ1) is 6.72. The van der Waals surface area contributed by atoms with E-state index in [1.807, 2.05) is 24.3 Å². The molecular weight excluding hydrogens is 200 g/mol. The van der Waals surface area contributed by atoms with Crippen molar-refractivity contribution in [2.45, 2.75) is 6.54 Å². The van der Waals surface area contributed by atoms with Crippen LogP contribution in [0.4, 0.5) is 4.79 Å². The summed E-state index contributed by atoms with van der Waals surface area (Å²) in [4.78, 5) is 10.3. The molecule has 0 aromatic heterocycles. The van der Waals surface area contributed by atoms with Crippen molar-refractivity contribution < 1.29 is 9.53 Å². The summed E-state index contributed by atoms with van der Waals surface area (Å²) in [5, 5.41) is 6.35. The van der Waals surface area contributed by atoms with Gasteiger partial charge in [-0.2, -0.15) is 5.11 Å². The van der Waals surface area contributed by atoms with Crippen LogP contribution in [0.25, 0.3) is 0 Å². The van der Waals surface area contributed by atoms with Gasteiger partial charge < -0.3 is 4.74 Å². The predicted octanol–water partition coefficient (Wildman–Crippen LogP) is 2.70. The number of hydrogen-bond donors (Lipinski definition) is 1. The Morgan fingerprint density at radius 3 is 2.57 bits per heavy atom. The molecule has 0 saturated carbocycles. The van der Waals surface area contributed by atoms with Crippen molar-refractivity contribution in [3.63, 3.8) is 0 Å². The number of carbonyl (C=O) groups excluding carboxylic acids is 1. The monoisotopic (exact) mass is 210 g/mol. The molecule has 0 spiro atoms. The lowest BCUT2D eigenvalue weighted by Gasteiger charge is -1.99. The number of benzene rings is 1. The highest BCUT2D eigenvalue weighted by Crippen LogP contribution is 2.11. The number of thiol groups is 1. The zero-order chi connectivity index (χ0) is 10.4. The minimum atomic E-state index is -0.585. The van der Waals surface area contributed by atoms with Crippen LogP contribution in [0.15, 0.2) is 34.5 Å². The molecule has 0 unspecified atom stereocenters. The highest BCUT2D eigenvalue weighted by Gasteiger charge is 1.93. The van der Waals surface area contributed by atoms with Crippen LogP contribution < -0.4 is 4.74 Å². The fraction of sp³-hybridized carbons (Fsp3) is 0.222.